The molecule has 0 aliphatic rings. The third kappa shape index (κ3) is 1.89. The molecule has 6 heteroatoms. The third-order valence-electron chi connectivity index (χ3n) is 2.02. The molecule has 0 amide bonds. The zero-order valence-electron chi connectivity index (χ0n) is 8.02. The van der Waals surface area contributed by atoms with Gasteiger partial charge in [-0.15, -0.1) is 0 Å². The highest BCUT2D eigenvalue weighted by Crippen LogP contribution is 2.15. The summed E-state index contributed by atoms with van der Waals surface area (Å²) in [7, 11) is 0. The Morgan fingerprint density at radius 3 is 2.75 bits per heavy atom. The van der Waals surface area contributed by atoms with Crippen molar-refractivity contribution < 1.29 is 0 Å². The van der Waals surface area contributed by atoms with Crippen LogP contribution in [0.2, 0.25) is 10.0 Å². The van der Waals surface area contributed by atoms with Gasteiger partial charge in [-0.3, -0.25) is 4.79 Å². The monoisotopic (exact) mass is 255 g/mol. The fraction of sp³-hybridized carbons (Fsp3) is 0. The molecule has 0 bridgehead atoms. The van der Waals surface area contributed by atoms with E-state index in [1.165, 1.54) is 6.20 Å². The molecule has 0 atom stereocenters. The van der Waals surface area contributed by atoms with Crippen LogP contribution in [0, 0.1) is 0 Å². The maximum absolute atomic E-state index is 11.7. The van der Waals surface area contributed by atoms with E-state index >= 15 is 0 Å². The minimum atomic E-state index is -0.463. The number of hydrogen-bond acceptors (Lipinski definition) is 3. The predicted octanol–water partition coefficient (Wildman–Crippen LogP) is 2.12. The number of rotatable bonds is 1. The molecule has 1 aromatic heterocycles. The first kappa shape index (κ1) is 11.0. The molecule has 4 nitrogen and oxygen atoms in total. The van der Waals surface area contributed by atoms with Crippen LogP contribution in [-0.4, -0.2) is 9.78 Å². The molecule has 1 heterocycles. The summed E-state index contributed by atoms with van der Waals surface area (Å²) in [6, 6.07) is 6.74. The van der Waals surface area contributed by atoms with Crippen molar-refractivity contribution in [2.45, 2.75) is 0 Å². The van der Waals surface area contributed by atoms with Crippen LogP contribution in [-0.2, 0) is 0 Å². The Kier molecular flexibility index (Phi) is 2.85. The first-order valence-electron chi connectivity index (χ1n) is 4.39. The fourth-order valence-electron chi connectivity index (χ4n) is 1.24. The Morgan fingerprint density at radius 1 is 1.31 bits per heavy atom. The van der Waals surface area contributed by atoms with E-state index in [1.54, 1.807) is 24.3 Å². The summed E-state index contributed by atoms with van der Waals surface area (Å²) in [5.74, 6) is 0. The summed E-state index contributed by atoms with van der Waals surface area (Å²) >= 11 is 11.5. The highest BCUT2D eigenvalue weighted by Gasteiger charge is 2.07. The molecule has 82 valence electrons. The highest BCUT2D eigenvalue weighted by atomic mass is 35.5. The molecular formula is C10H7Cl2N3O. The number of nitrogen functional groups attached to an aromatic ring is 1. The maximum Gasteiger partial charge on any atom is 0.296 e. The van der Waals surface area contributed by atoms with Gasteiger partial charge in [-0.25, -0.2) is 0 Å². The Morgan fingerprint density at radius 2 is 2.06 bits per heavy atom. The fourth-order valence-corrected chi connectivity index (χ4v) is 1.55. The van der Waals surface area contributed by atoms with Gasteiger partial charge in [0.1, 0.15) is 5.69 Å². The van der Waals surface area contributed by atoms with Crippen molar-refractivity contribution in [3.8, 4) is 5.69 Å². The van der Waals surface area contributed by atoms with Crippen molar-refractivity contribution in [2.75, 3.05) is 5.73 Å². The van der Waals surface area contributed by atoms with Gasteiger partial charge in [0, 0.05) is 5.02 Å². The second kappa shape index (κ2) is 4.15. The van der Waals surface area contributed by atoms with Gasteiger partial charge >= 0.3 is 0 Å². The standard InChI is InChI=1S/C10H7Cl2N3O/c11-6-2-1-3-7(4-6)15-10(16)9(13)8(12)5-14-15/h1-5H,13H2. The number of aromatic nitrogens is 2. The number of halogens is 2. The quantitative estimate of drug-likeness (QED) is 0.850. The lowest BCUT2D eigenvalue weighted by molar-refractivity contribution is 0.811. The number of nitrogens with zero attached hydrogens (tertiary/aromatic N) is 2. The first-order valence-corrected chi connectivity index (χ1v) is 5.14. The van der Waals surface area contributed by atoms with Crippen LogP contribution < -0.4 is 11.3 Å². The summed E-state index contributed by atoms with van der Waals surface area (Å²) in [4.78, 5) is 11.7. The van der Waals surface area contributed by atoms with E-state index in [-0.39, 0.29) is 10.7 Å². The largest absolute Gasteiger partial charge is 0.393 e. The van der Waals surface area contributed by atoms with Crippen molar-refractivity contribution in [1.29, 1.82) is 0 Å². The normalized spacial score (nSPS) is 10.4. The molecule has 0 fully saturated rings. The van der Waals surface area contributed by atoms with Crippen LogP contribution in [0.1, 0.15) is 0 Å². The van der Waals surface area contributed by atoms with Gasteiger partial charge in [0.15, 0.2) is 0 Å². The lowest BCUT2D eigenvalue weighted by Crippen LogP contribution is -2.23. The van der Waals surface area contributed by atoms with Crippen molar-refractivity contribution in [3.05, 3.63) is 50.9 Å². The van der Waals surface area contributed by atoms with Crippen LogP contribution in [0.15, 0.2) is 35.3 Å². The minimum Gasteiger partial charge on any atom is -0.393 e. The van der Waals surface area contributed by atoms with Crippen LogP contribution in [0.4, 0.5) is 5.69 Å². The first-order chi connectivity index (χ1) is 7.59. The molecule has 2 aromatic rings. The Hall–Kier alpha value is -1.52. The molecule has 0 unspecified atom stereocenters. The Labute approximate surface area is 101 Å². The van der Waals surface area contributed by atoms with Gasteiger partial charge in [0.05, 0.1) is 16.9 Å². The van der Waals surface area contributed by atoms with E-state index in [4.69, 9.17) is 28.9 Å². The zero-order valence-corrected chi connectivity index (χ0v) is 9.53. The Balaban J connectivity index is 2.66. The molecule has 16 heavy (non-hydrogen) atoms. The third-order valence-corrected chi connectivity index (χ3v) is 2.56. The van der Waals surface area contributed by atoms with Gasteiger partial charge < -0.3 is 5.73 Å². The molecule has 0 saturated carbocycles. The molecule has 2 rings (SSSR count). The summed E-state index contributed by atoms with van der Waals surface area (Å²) < 4.78 is 1.15. The van der Waals surface area contributed by atoms with Crippen LogP contribution in [0.25, 0.3) is 5.69 Å². The average Bonchev–Trinajstić information content (AvgIpc) is 2.26. The maximum atomic E-state index is 11.7. The van der Waals surface area contributed by atoms with Crippen molar-refractivity contribution in [3.63, 3.8) is 0 Å². The molecule has 1 aromatic carbocycles. The number of benzene rings is 1. The number of nitrogens with two attached hydrogens (primary N) is 1. The molecule has 0 saturated heterocycles. The van der Waals surface area contributed by atoms with Gasteiger partial charge in [-0.2, -0.15) is 9.78 Å². The minimum absolute atomic E-state index is 0.0309. The SMILES string of the molecule is Nc1c(Cl)cnn(-c2cccc(Cl)c2)c1=O. The lowest BCUT2D eigenvalue weighted by Gasteiger charge is -2.05. The van der Waals surface area contributed by atoms with Crippen LogP contribution >= 0.6 is 23.2 Å². The van der Waals surface area contributed by atoms with E-state index in [0.717, 1.165) is 4.68 Å². The summed E-state index contributed by atoms with van der Waals surface area (Å²) in [6.07, 6.45) is 1.32. The summed E-state index contributed by atoms with van der Waals surface area (Å²) in [5, 5.41) is 4.54. The highest BCUT2D eigenvalue weighted by molar-refractivity contribution is 6.32. The van der Waals surface area contributed by atoms with E-state index in [2.05, 4.69) is 5.10 Å². The van der Waals surface area contributed by atoms with Gasteiger partial charge in [-0.1, -0.05) is 29.3 Å². The number of hydrogen-bond donors (Lipinski definition) is 1. The van der Waals surface area contributed by atoms with E-state index < -0.39 is 5.56 Å². The van der Waals surface area contributed by atoms with Crippen LogP contribution in [0.5, 0.6) is 0 Å². The Bertz CT molecular complexity index is 595. The van der Waals surface area contributed by atoms with Gasteiger partial charge in [0.25, 0.3) is 5.56 Å². The second-order valence-corrected chi connectivity index (χ2v) is 3.95. The zero-order chi connectivity index (χ0) is 11.7. The summed E-state index contributed by atoms with van der Waals surface area (Å²) in [6.45, 7) is 0. The molecule has 0 spiro atoms. The predicted molar refractivity (Wildman–Crippen MR) is 64.3 cm³/mol. The topological polar surface area (TPSA) is 60.9 Å². The smallest absolute Gasteiger partial charge is 0.296 e. The second-order valence-electron chi connectivity index (χ2n) is 3.10. The molecule has 2 N–H and O–H groups in total. The average molecular weight is 256 g/mol. The molecule has 0 radical (unpaired) electrons. The summed E-state index contributed by atoms with van der Waals surface area (Å²) in [5.41, 5.74) is 5.57. The van der Waals surface area contributed by atoms with Gasteiger partial charge in [-0.05, 0) is 18.2 Å². The van der Waals surface area contributed by atoms with Crippen molar-refractivity contribution in [1.82, 2.24) is 9.78 Å². The molecule has 0 aliphatic carbocycles. The molecule has 0 aliphatic heterocycles. The molecular weight excluding hydrogens is 249 g/mol. The lowest BCUT2D eigenvalue weighted by atomic mass is 10.3. The van der Waals surface area contributed by atoms with Gasteiger partial charge in [0.2, 0.25) is 0 Å². The van der Waals surface area contributed by atoms with Crippen LogP contribution in [0.3, 0.4) is 0 Å². The van der Waals surface area contributed by atoms with E-state index in [9.17, 15) is 4.79 Å². The number of anilines is 1. The van der Waals surface area contributed by atoms with E-state index in [1.807, 2.05) is 0 Å². The van der Waals surface area contributed by atoms with Crippen molar-refractivity contribution in [2.24, 2.45) is 0 Å². The van der Waals surface area contributed by atoms with Crippen molar-refractivity contribution >= 4 is 28.9 Å². The van der Waals surface area contributed by atoms with E-state index in [0.29, 0.717) is 10.7 Å².